The predicted octanol–water partition coefficient (Wildman–Crippen LogP) is 5.45. The maximum Gasteiger partial charge on any atom is 0.119 e. The second-order valence-corrected chi connectivity index (χ2v) is 5.35. The number of thioether (sulfide) groups is 1. The zero-order valence-corrected chi connectivity index (χ0v) is 13.0. The van der Waals surface area contributed by atoms with E-state index in [9.17, 15) is 0 Å². The molecule has 0 saturated heterocycles. The molecule has 0 aliphatic carbocycles. The number of rotatable bonds is 4. The van der Waals surface area contributed by atoms with Crippen molar-refractivity contribution in [3.05, 3.63) is 47.5 Å². The maximum atomic E-state index is 5.12. The van der Waals surface area contributed by atoms with Crippen molar-refractivity contribution in [1.82, 2.24) is 0 Å². The molecule has 0 unspecified atom stereocenters. The number of hydrogen-bond acceptors (Lipinski definition) is 4. The molecule has 3 nitrogen and oxygen atoms in total. The molecule has 2 rings (SSSR count). The van der Waals surface area contributed by atoms with E-state index in [0.29, 0.717) is 0 Å². The molecule has 0 bridgehead atoms. The number of nitrogens with zero attached hydrogens (tertiary/aromatic N) is 2. The smallest absolute Gasteiger partial charge is 0.119 e. The lowest BCUT2D eigenvalue weighted by Crippen LogP contribution is -1.82. The zero-order chi connectivity index (χ0) is 14.5. The second-order valence-electron chi connectivity index (χ2n) is 4.53. The van der Waals surface area contributed by atoms with Crippen molar-refractivity contribution in [2.45, 2.75) is 18.7 Å². The van der Waals surface area contributed by atoms with Crippen molar-refractivity contribution in [1.29, 1.82) is 0 Å². The minimum Gasteiger partial charge on any atom is -0.497 e. The van der Waals surface area contributed by atoms with E-state index < -0.39 is 0 Å². The Kier molecular flexibility index (Phi) is 4.79. The fraction of sp³-hybridized carbons (Fsp3) is 0.250. The topological polar surface area (TPSA) is 34.0 Å². The fourth-order valence-electron chi connectivity index (χ4n) is 2.03. The van der Waals surface area contributed by atoms with Crippen LogP contribution in [0, 0.1) is 13.8 Å². The van der Waals surface area contributed by atoms with E-state index in [4.69, 9.17) is 4.74 Å². The van der Waals surface area contributed by atoms with Crippen LogP contribution < -0.4 is 4.74 Å². The average molecular weight is 286 g/mol. The van der Waals surface area contributed by atoms with Crippen molar-refractivity contribution < 1.29 is 4.74 Å². The summed E-state index contributed by atoms with van der Waals surface area (Å²) in [6, 6.07) is 11.8. The van der Waals surface area contributed by atoms with Crippen LogP contribution in [-0.4, -0.2) is 13.4 Å². The van der Waals surface area contributed by atoms with E-state index in [1.807, 2.05) is 24.3 Å². The standard InChI is InChI=1S/C16H18N2OS/c1-11-9-12(2)16(20-4)15(10-11)18-17-13-5-7-14(19-3)8-6-13/h5-10H,1-4H3. The summed E-state index contributed by atoms with van der Waals surface area (Å²) in [6.45, 7) is 4.18. The van der Waals surface area contributed by atoms with Gasteiger partial charge >= 0.3 is 0 Å². The summed E-state index contributed by atoms with van der Waals surface area (Å²) in [5.74, 6) is 0.820. The van der Waals surface area contributed by atoms with E-state index in [0.717, 1.165) is 17.1 Å². The maximum absolute atomic E-state index is 5.12. The van der Waals surface area contributed by atoms with E-state index in [1.165, 1.54) is 16.0 Å². The lowest BCUT2D eigenvalue weighted by atomic mass is 10.1. The van der Waals surface area contributed by atoms with Crippen molar-refractivity contribution in [2.24, 2.45) is 10.2 Å². The molecule has 104 valence electrons. The van der Waals surface area contributed by atoms with Crippen LogP contribution in [0.1, 0.15) is 11.1 Å². The van der Waals surface area contributed by atoms with Gasteiger partial charge in [-0.2, -0.15) is 5.11 Å². The van der Waals surface area contributed by atoms with Crippen molar-refractivity contribution in [2.75, 3.05) is 13.4 Å². The van der Waals surface area contributed by atoms with Gasteiger partial charge in [-0.15, -0.1) is 16.9 Å². The van der Waals surface area contributed by atoms with Gasteiger partial charge in [-0.3, -0.25) is 0 Å². The summed E-state index contributed by atoms with van der Waals surface area (Å²) in [6.07, 6.45) is 2.06. The normalized spacial score (nSPS) is 11.0. The first-order valence-corrected chi connectivity index (χ1v) is 7.57. The largest absolute Gasteiger partial charge is 0.497 e. The number of benzene rings is 2. The Labute approximate surface area is 124 Å². The molecule has 0 spiro atoms. The van der Waals surface area contributed by atoms with Crippen molar-refractivity contribution in [3.8, 4) is 5.75 Å². The summed E-state index contributed by atoms with van der Waals surface area (Å²) in [4.78, 5) is 1.17. The lowest BCUT2D eigenvalue weighted by Gasteiger charge is -2.07. The Hall–Kier alpha value is -1.81. The van der Waals surface area contributed by atoms with Crippen LogP contribution in [0.15, 0.2) is 51.5 Å². The molecule has 20 heavy (non-hydrogen) atoms. The Balaban J connectivity index is 2.30. The molecule has 0 radical (unpaired) electrons. The average Bonchev–Trinajstić information content (AvgIpc) is 2.45. The molecule has 0 saturated carbocycles. The third-order valence-electron chi connectivity index (χ3n) is 2.95. The molecule has 0 heterocycles. The highest BCUT2D eigenvalue weighted by Gasteiger charge is 2.05. The van der Waals surface area contributed by atoms with Gasteiger partial charge in [0.1, 0.15) is 5.75 Å². The fourth-order valence-corrected chi connectivity index (χ4v) is 2.72. The second kappa shape index (κ2) is 6.57. The molecular formula is C16H18N2OS. The Morgan fingerprint density at radius 3 is 2.30 bits per heavy atom. The predicted molar refractivity (Wildman–Crippen MR) is 84.9 cm³/mol. The van der Waals surface area contributed by atoms with Gasteiger partial charge in [-0.1, -0.05) is 6.07 Å². The van der Waals surface area contributed by atoms with Crippen LogP contribution in [0.2, 0.25) is 0 Å². The highest BCUT2D eigenvalue weighted by Crippen LogP contribution is 2.33. The van der Waals surface area contributed by atoms with Gasteiger partial charge in [0.25, 0.3) is 0 Å². The van der Waals surface area contributed by atoms with Crippen molar-refractivity contribution >= 4 is 23.1 Å². The monoisotopic (exact) mass is 286 g/mol. The lowest BCUT2D eigenvalue weighted by molar-refractivity contribution is 0.415. The molecule has 0 aromatic heterocycles. The van der Waals surface area contributed by atoms with Crippen LogP contribution in [0.4, 0.5) is 11.4 Å². The van der Waals surface area contributed by atoms with Crippen LogP contribution >= 0.6 is 11.8 Å². The molecule has 0 atom stereocenters. The molecule has 0 aliphatic rings. The minimum atomic E-state index is 0.817. The highest BCUT2D eigenvalue weighted by molar-refractivity contribution is 7.98. The Bertz CT molecular complexity index is 621. The summed E-state index contributed by atoms with van der Waals surface area (Å²) in [7, 11) is 1.65. The third-order valence-corrected chi connectivity index (χ3v) is 3.89. The van der Waals surface area contributed by atoms with Crippen LogP contribution in [-0.2, 0) is 0 Å². The quantitative estimate of drug-likeness (QED) is 0.553. The van der Waals surface area contributed by atoms with Crippen LogP contribution in [0.3, 0.4) is 0 Å². The van der Waals surface area contributed by atoms with Gasteiger partial charge < -0.3 is 4.74 Å². The molecule has 0 amide bonds. The van der Waals surface area contributed by atoms with Crippen LogP contribution in [0.25, 0.3) is 0 Å². The first kappa shape index (κ1) is 14.6. The van der Waals surface area contributed by atoms with Gasteiger partial charge in [0.05, 0.1) is 18.5 Å². The number of hydrogen-bond donors (Lipinski definition) is 0. The van der Waals surface area contributed by atoms with Crippen LogP contribution in [0.5, 0.6) is 5.75 Å². The Morgan fingerprint density at radius 1 is 1.00 bits per heavy atom. The third kappa shape index (κ3) is 3.39. The summed E-state index contributed by atoms with van der Waals surface area (Å²) >= 11 is 1.70. The van der Waals surface area contributed by atoms with E-state index in [1.54, 1.807) is 18.9 Å². The number of azo groups is 1. The number of aryl methyl sites for hydroxylation is 2. The summed E-state index contributed by atoms with van der Waals surface area (Å²) in [5, 5.41) is 8.69. The molecule has 2 aromatic rings. The SMILES string of the molecule is COc1ccc(N=Nc2cc(C)cc(C)c2SC)cc1. The first-order chi connectivity index (χ1) is 9.63. The zero-order valence-electron chi connectivity index (χ0n) is 12.2. The molecule has 2 aromatic carbocycles. The van der Waals surface area contributed by atoms with Gasteiger partial charge in [-0.05, 0) is 61.6 Å². The molecule has 0 fully saturated rings. The Morgan fingerprint density at radius 2 is 1.70 bits per heavy atom. The van der Waals surface area contributed by atoms with E-state index >= 15 is 0 Å². The first-order valence-electron chi connectivity index (χ1n) is 6.35. The highest BCUT2D eigenvalue weighted by atomic mass is 32.2. The molecule has 0 aliphatic heterocycles. The van der Waals surface area contributed by atoms with E-state index in [2.05, 4.69) is 42.5 Å². The molecular weight excluding hydrogens is 268 g/mol. The van der Waals surface area contributed by atoms with Gasteiger partial charge in [0.2, 0.25) is 0 Å². The number of methoxy groups -OCH3 is 1. The minimum absolute atomic E-state index is 0.817. The van der Waals surface area contributed by atoms with Crippen molar-refractivity contribution in [3.63, 3.8) is 0 Å². The molecule has 4 heteroatoms. The number of ether oxygens (including phenoxy) is 1. The van der Waals surface area contributed by atoms with Gasteiger partial charge in [0, 0.05) is 4.90 Å². The van der Waals surface area contributed by atoms with E-state index in [-0.39, 0.29) is 0 Å². The van der Waals surface area contributed by atoms with Gasteiger partial charge in [-0.25, -0.2) is 0 Å². The summed E-state index contributed by atoms with van der Waals surface area (Å²) < 4.78 is 5.12. The summed E-state index contributed by atoms with van der Waals surface area (Å²) in [5.41, 5.74) is 4.17. The van der Waals surface area contributed by atoms with Gasteiger partial charge in [0.15, 0.2) is 0 Å². The molecule has 0 N–H and O–H groups in total.